The molecule has 0 radical (unpaired) electrons. The number of nitrogens with one attached hydrogen (secondary N) is 1. The van der Waals surface area contributed by atoms with Gasteiger partial charge < -0.3 is 10.1 Å². The van der Waals surface area contributed by atoms with Crippen LogP contribution in [0.4, 0.5) is 0 Å². The maximum absolute atomic E-state index is 6.15. The van der Waals surface area contributed by atoms with Crippen molar-refractivity contribution in [2.45, 2.75) is 25.9 Å². The lowest BCUT2D eigenvalue weighted by Crippen LogP contribution is -2.28. The molecule has 1 aliphatic heterocycles. The molecule has 0 spiro atoms. The molecular formula is C15H20ClNO. The summed E-state index contributed by atoms with van der Waals surface area (Å²) in [4.78, 5) is 0. The second-order valence-corrected chi connectivity index (χ2v) is 5.20. The van der Waals surface area contributed by atoms with Crippen molar-refractivity contribution in [3.05, 3.63) is 41.4 Å². The minimum atomic E-state index is 0.190. The van der Waals surface area contributed by atoms with E-state index in [1.54, 1.807) is 0 Å². The number of halogens is 1. The quantitative estimate of drug-likeness (QED) is 0.822. The van der Waals surface area contributed by atoms with Gasteiger partial charge in [0.25, 0.3) is 0 Å². The molecule has 2 nitrogen and oxygen atoms in total. The molecule has 98 valence electrons. The second kappa shape index (κ2) is 6.26. The van der Waals surface area contributed by atoms with E-state index in [4.69, 9.17) is 16.3 Å². The summed E-state index contributed by atoms with van der Waals surface area (Å²) < 4.78 is 6.15. The first-order valence-corrected chi connectivity index (χ1v) is 6.83. The first-order chi connectivity index (χ1) is 8.72. The van der Waals surface area contributed by atoms with Crippen LogP contribution in [0.5, 0.6) is 5.75 Å². The van der Waals surface area contributed by atoms with Crippen molar-refractivity contribution in [3.8, 4) is 5.75 Å². The van der Waals surface area contributed by atoms with E-state index in [0.717, 1.165) is 42.3 Å². The molecular weight excluding hydrogens is 246 g/mol. The summed E-state index contributed by atoms with van der Waals surface area (Å²) >= 11 is 6.12. The van der Waals surface area contributed by atoms with Crippen LogP contribution in [0, 0.1) is 12.8 Å². The third-order valence-electron chi connectivity index (χ3n) is 3.52. The standard InChI is InChI=1S/C15H20ClNO/c1-3-5-15(12-8-9-17-10-12)18-14-7-4-6-13(16)11(14)2/h3-4,6-7,12,15,17H,1,5,8-10H2,2H3. The van der Waals surface area contributed by atoms with E-state index in [1.807, 2.05) is 31.2 Å². The van der Waals surface area contributed by atoms with Crippen LogP contribution in [-0.2, 0) is 0 Å². The highest BCUT2D eigenvalue weighted by Crippen LogP contribution is 2.29. The van der Waals surface area contributed by atoms with Crippen molar-refractivity contribution >= 4 is 11.6 Å². The lowest BCUT2D eigenvalue weighted by atomic mass is 9.98. The summed E-state index contributed by atoms with van der Waals surface area (Å²) in [5.74, 6) is 1.45. The SMILES string of the molecule is C=CCC(Oc1cccc(Cl)c1C)C1CCNC1. The fraction of sp³-hybridized carbons (Fsp3) is 0.467. The molecule has 1 N–H and O–H groups in total. The minimum absolute atomic E-state index is 0.190. The summed E-state index contributed by atoms with van der Waals surface area (Å²) in [5.41, 5.74) is 1.01. The molecule has 1 aromatic carbocycles. The van der Waals surface area contributed by atoms with Gasteiger partial charge in [0.1, 0.15) is 11.9 Å². The lowest BCUT2D eigenvalue weighted by Gasteiger charge is -2.24. The average molecular weight is 266 g/mol. The molecule has 1 aromatic rings. The van der Waals surface area contributed by atoms with Crippen LogP contribution in [0.2, 0.25) is 5.02 Å². The van der Waals surface area contributed by atoms with Crippen LogP contribution in [0.3, 0.4) is 0 Å². The Hall–Kier alpha value is -0.990. The summed E-state index contributed by atoms with van der Waals surface area (Å²) in [7, 11) is 0. The van der Waals surface area contributed by atoms with Crippen molar-refractivity contribution < 1.29 is 4.74 Å². The topological polar surface area (TPSA) is 21.3 Å². The van der Waals surface area contributed by atoms with Gasteiger partial charge in [-0.15, -0.1) is 6.58 Å². The van der Waals surface area contributed by atoms with E-state index in [1.165, 1.54) is 0 Å². The van der Waals surface area contributed by atoms with Crippen LogP contribution in [0.25, 0.3) is 0 Å². The molecule has 0 aliphatic carbocycles. The van der Waals surface area contributed by atoms with E-state index in [2.05, 4.69) is 11.9 Å². The normalized spacial score (nSPS) is 20.7. The van der Waals surface area contributed by atoms with E-state index >= 15 is 0 Å². The Labute approximate surface area is 114 Å². The smallest absolute Gasteiger partial charge is 0.124 e. The third-order valence-corrected chi connectivity index (χ3v) is 3.93. The molecule has 2 unspecified atom stereocenters. The monoisotopic (exact) mass is 265 g/mol. The van der Waals surface area contributed by atoms with Gasteiger partial charge in [0, 0.05) is 29.5 Å². The Bertz CT molecular complexity index is 413. The second-order valence-electron chi connectivity index (χ2n) is 4.80. The van der Waals surface area contributed by atoms with Gasteiger partial charge in [0.05, 0.1) is 0 Å². The number of ether oxygens (including phenoxy) is 1. The molecule has 3 heteroatoms. The van der Waals surface area contributed by atoms with Crippen molar-refractivity contribution in [2.75, 3.05) is 13.1 Å². The molecule has 1 saturated heterocycles. The Morgan fingerprint density at radius 2 is 2.44 bits per heavy atom. The van der Waals surface area contributed by atoms with Gasteiger partial charge in [0.15, 0.2) is 0 Å². The Balaban J connectivity index is 2.12. The van der Waals surface area contributed by atoms with Crippen LogP contribution in [-0.4, -0.2) is 19.2 Å². The zero-order valence-electron chi connectivity index (χ0n) is 10.8. The Kier molecular flexibility index (Phi) is 4.67. The van der Waals surface area contributed by atoms with Crippen LogP contribution >= 0.6 is 11.6 Å². The first-order valence-electron chi connectivity index (χ1n) is 6.45. The summed E-state index contributed by atoms with van der Waals surface area (Å²) in [6, 6.07) is 5.81. The van der Waals surface area contributed by atoms with Crippen LogP contribution < -0.4 is 10.1 Å². The molecule has 1 fully saturated rings. The van der Waals surface area contributed by atoms with Crippen molar-refractivity contribution in [2.24, 2.45) is 5.92 Å². The Morgan fingerprint density at radius 1 is 1.61 bits per heavy atom. The third kappa shape index (κ3) is 3.06. The van der Waals surface area contributed by atoms with E-state index in [-0.39, 0.29) is 6.10 Å². The highest BCUT2D eigenvalue weighted by molar-refractivity contribution is 6.31. The molecule has 2 atom stereocenters. The summed E-state index contributed by atoms with van der Waals surface area (Å²) in [6.07, 6.45) is 4.16. The molecule has 0 saturated carbocycles. The number of benzene rings is 1. The van der Waals surface area contributed by atoms with Gasteiger partial charge in [-0.25, -0.2) is 0 Å². The van der Waals surface area contributed by atoms with E-state index in [0.29, 0.717) is 5.92 Å². The maximum atomic E-state index is 6.15. The van der Waals surface area contributed by atoms with Gasteiger partial charge in [0.2, 0.25) is 0 Å². The molecule has 2 rings (SSSR count). The fourth-order valence-corrected chi connectivity index (χ4v) is 2.54. The van der Waals surface area contributed by atoms with Crippen molar-refractivity contribution in [1.82, 2.24) is 5.32 Å². The molecule has 1 aliphatic rings. The molecule has 0 amide bonds. The summed E-state index contributed by atoms with van der Waals surface area (Å²) in [6.45, 7) is 7.93. The van der Waals surface area contributed by atoms with Crippen LogP contribution in [0.1, 0.15) is 18.4 Å². The fourth-order valence-electron chi connectivity index (χ4n) is 2.37. The highest BCUT2D eigenvalue weighted by atomic mass is 35.5. The van der Waals surface area contributed by atoms with Crippen LogP contribution in [0.15, 0.2) is 30.9 Å². The predicted octanol–water partition coefficient (Wildman–Crippen LogP) is 3.58. The zero-order chi connectivity index (χ0) is 13.0. The van der Waals surface area contributed by atoms with Gasteiger partial charge in [-0.2, -0.15) is 0 Å². The first kappa shape index (κ1) is 13.4. The van der Waals surface area contributed by atoms with Gasteiger partial charge in [-0.3, -0.25) is 0 Å². The number of rotatable bonds is 5. The van der Waals surface area contributed by atoms with E-state index < -0.39 is 0 Å². The predicted molar refractivity (Wildman–Crippen MR) is 76.4 cm³/mol. The highest BCUT2D eigenvalue weighted by Gasteiger charge is 2.26. The number of hydrogen-bond acceptors (Lipinski definition) is 2. The lowest BCUT2D eigenvalue weighted by molar-refractivity contribution is 0.144. The largest absolute Gasteiger partial charge is 0.489 e. The number of hydrogen-bond donors (Lipinski definition) is 1. The summed E-state index contributed by atoms with van der Waals surface area (Å²) in [5, 5.41) is 4.14. The van der Waals surface area contributed by atoms with Gasteiger partial charge in [-0.05, 0) is 32.0 Å². The van der Waals surface area contributed by atoms with Crippen molar-refractivity contribution in [1.29, 1.82) is 0 Å². The molecule has 0 bridgehead atoms. The molecule has 0 aromatic heterocycles. The minimum Gasteiger partial charge on any atom is -0.489 e. The maximum Gasteiger partial charge on any atom is 0.124 e. The molecule has 1 heterocycles. The average Bonchev–Trinajstić information content (AvgIpc) is 2.88. The van der Waals surface area contributed by atoms with Gasteiger partial charge in [-0.1, -0.05) is 23.7 Å². The van der Waals surface area contributed by atoms with Gasteiger partial charge >= 0.3 is 0 Å². The Morgan fingerprint density at radius 3 is 3.11 bits per heavy atom. The van der Waals surface area contributed by atoms with E-state index in [9.17, 15) is 0 Å². The zero-order valence-corrected chi connectivity index (χ0v) is 11.5. The molecule has 18 heavy (non-hydrogen) atoms. The van der Waals surface area contributed by atoms with Crippen molar-refractivity contribution in [3.63, 3.8) is 0 Å².